The Morgan fingerprint density at radius 3 is 1.04 bits per heavy atom. The highest BCUT2D eigenvalue weighted by Crippen LogP contribution is 2.29. The summed E-state index contributed by atoms with van der Waals surface area (Å²) in [5.41, 5.74) is 0. The van der Waals surface area contributed by atoms with Gasteiger partial charge in [-0.15, -0.1) is 0 Å². The van der Waals surface area contributed by atoms with Crippen LogP contribution in [0.5, 0.6) is 0 Å². The van der Waals surface area contributed by atoms with Crippen LogP contribution in [0, 0.1) is 0 Å². The van der Waals surface area contributed by atoms with Gasteiger partial charge in [0, 0.05) is 0 Å². The lowest BCUT2D eigenvalue weighted by Crippen LogP contribution is -2.61. The second-order valence-corrected chi connectivity index (χ2v) is 23.2. The van der Waals surface area contributed by atoms with E-state index in [0.29, 0.717) is 0 Å². The highest BCUT2D eigenvalue weighted by atomic mass is 32.2. The molecular formula is C8H16F6O6S2Si2. The predicted molar refractivity (Wildman–Crippen MR) is 76.8 cm³/mol. The SMILES string of the molecule is C[Si](C)(OS(=O)(=O)CC(F)(F)F)[Si](C)(C)OS(=O)(=O)CC(F)(F)F. The molecule has 6 nitrogen and oxygen atoms in total. The number of hydrogen-bond donors (Lipinski definition) is 0. The van der Waals surface area contributed by atoms with Gasteiger partial charge in [-0.2, -0.15) is 26.3 Å². The highest BCUT2D eigenvalue weighted by Gasteiger charge is 2.53. The van der Waals surface area contributed by atoms with Gasteiger partial charge in [0.2, 0.25) is 15.7 Å². The lowest BCUT2D eigenvalue weighted by Gasteiger charge is -2.35. The van der Waals surface area contributed by atoms with Gasteiger partial charge in [-0.3, -0.25) is 0 Å². The van der Waals surface area contributed by atoms with Crippen LogP contribution in [0.3, 0.4) is 0 Å². The Bertz CT molecular complexity index is 594. The molecule has 0 aliphatic carbocycles. The van der Waals surface area contributed by atoms with Crippen molar-refractivity contribution in [2.24, 2.45) is 0 Å². The summed E-state index contributed by atoms with van der Waals surface area (Å²) in [6.45, 7) is 4.26. The second-order valence-electron chi connectivity index (χ2n) is 5.82. The molecule has 0 bridgehead atoms. The molecular weight excluding hydrogens is 426 g/mol. The summed E-state index contributed by atoms with van der Waals surface area (Å²) in [5.74, 6) is -4.59. The Labute approximate surface area is 137 Å². The van der Waals surface area contributed by atoms with Gasteiger partial charge < -0.3 is 7.74 Å². The maximum absolute atomic E-state index is 12.2. The van der Waals surface area contributed by atoms with Crippen LogP contribution in [-0.2, 0) is 28.0 Å². The Kier molecular flexibility index (Phi) is 6.81. The second kappa shape index (κ2) is 6.86. The molecule has 0 aliphatic rings. The van der Waals surface area contributed by atoms with Crippen molar-refractivity contribution in [3.8, 4) is 0 Å². The zero-order valence-corrected chi connectivity index (χ0v) is 16.6. The maximum Gasteiger partial charge on any atom is 0.405 e. The molecule has 0 heterocycles. The van der Waals surface area contributed by atoms with Gasteiger partial charge in [0.25, 0.3) is 20.2 Å². The van der Waals surface area contributed by atoms with Crippen LogP contribution in [0.25, 0.3) is 0 Å². The Balaban J connectivity index is 5.40. The molecule has 24 heavy (non-hydrogen) atoms. The predicted octanol–water partition coefficient (Wildman–Crippen LogP) is 2.29. The van der Waals surface area contributed by atoms with E-state index in [9.17, 15) is 43.2 Å². The third-order valence-electron chi connectivity index (χ3n) is 2.80. The van der Waals surface area contributed by atoms with Gasteiger partial charge in [-0.25, -0.2) is 16.8 Å². The molecule has 0 rings (SSSR count). The minimum absolute atomic E-state index is 1.07. The van der Waals surface area contributed by atoms with Crippen LogP contribution in [0.2, 0.25) is 26.2 Å². The molecule has 0 aromatic heterocycles. The van der Waals surface area contributed by atoms with Crippen molar-refractivity contribution in [3.63, 3.8) is 0 Å². The van der Waals surface area contributed by atoms with E-state index in [1.165, 1.54) is 0 Å². The molecule has 146 valence electrons. The van der Waals surface area contributed by atoms with Gasteiger partial charge >= 0.3 is 12.4 Å². The van der Waals surface area contributed by atoms with E-state index in [1.54, 1.807) is 0 Å². The third-order valence-corrected chi connectivity index (χ3v) is 22.6. The van der Waals surface area contributed by atoms with Crippen LogP contribution in [-0.4, -0.2) is 56.4 Å². The smallest absolute Gasteiger partial charge is 0.316 e. The molecule has 0 unspecified atom stereocenters. The fourth-order valence-corrected chi connectivity index (χ4v) is 15.2. The molecule has 0 spiro atoms. The van der Waals surface area contributed by atoms with Crippen molar-refractivity contribution in [3.05, 3.63) is 0 Å². The van der Waals surface area contributed by atoms with E-state index in [-0.39, 0.29) is 0 Å². The number of alkyl halides is 6. The molecule has 0 N–H and O–H groups in total. The van der Waals surface area contributed by atoms with E-state index in [1.807, 2.05) is 0 Å². The van der Waals surface area contributed by atoms with E-state index in [2.05, 4.69) is 7.74 Å². The van der Waals surface area contributed by atoms with Crippen molar-refractivity contribution in [1.29, 1.82) is 0 Å². The third kappa shape index (κ3) is 8.79. The summed E-state index contributed by atoms with van der Waals surface area (Å²) in [4.78, 5) is 0. The number of halogens is 6. The summed E-state index contributed by atoms with van der Waals surface area (Å²) in [5, 5.41) is 0. The average Bonchev–Trinajstić information content (AvgIpc) is 2.01. The lowest BCUT2D eigenvalue weighted by atomic mass is 10.8. The quantitative estimate of drug-likeness (QED) is 0.444. The van der Waals surface area contributed by atoms with E-state index >= 15 is 0 Å². The zero-order chi connectivity index (χ0) is 19.8. The first-order valence-corrected chi connectivity index (χ1v) is 16.0. The fraction of sp³-hybridized carbons (Fsp3) is 1.00. The van der Waals surface area contributed by atoms with E-state index < -0.39 is 59.8 Å². The summed E-state index contributed by atoms with van der Waals surface area (Å²) in [7, 11) is -17.7. The average molecular weight is 443 g/mol. The molecule has 0 aromatic rings. The molecule has 0 aliphatic heterocycles. The minimum atomic E-state index is -5.10. The largest absolute Gasteiger partial charge is 0.405 e. The first-order valence-electron chi connectivity index (χ1n) is 6.08. The molecule has 0 atom stereocenters. The van der Waals surface area contributed by atoms with Crippen LogP contribution >= 0.6 is 0 Å². The van der Waals surface area contributed by atoms with Gasteiger partial charge in [0.05, 0.1) is 0 Å². The molecule has 0 fully saturated rings. The molecule has 0 aromatic carbocycles. The van der Waals surface area contributed by atoms with E-state index in [4.69, 9.17) is 0 Å². The first kappa shape index (κ1) is 23.8. The molecule has 0 radical (unpaired) electrons. The van der Waals surface area contributed by atoms with Gasteiger partial charge in [0.15, 0.2) is 11.5 Å². The highest BCUT2D eigenvalue weighted by molar-refractivity contribution is 7.90. The Hall–Kier alpha value is -0.166. The van der Waals surface area contributed by atoms with Crippen molar-refractivity contribution in [1.82, 2.24) is 0 Å². The van der Waals surface area contributed by atoms with Crippen LogP contribution < -0.4 is 0 Å². The Morgan fingerprint density at radius 2 is 0.875 bits per heavy atom. The van der Waals surface area contributed by atoms with Gasteiger partial charge in [-0.1, -0.05) is 0 Å². The molecule has 0 saturated carbocycles. The standard InChI is InChI=1S/C8H16F6O6S2Si2/c1-23(2,19-21(15,16)5-7(9,10)11)24(3,4)20-22(17,18)6-8(12,13)14/h5-6H2,1-4H3. The number of rotatable bonds is 7. The van der Waals surface area contributed by atoms with Crippen LogP contribution in [0.1, 0.15) is 0 Å². The first-order chi connectivity index (χ1) is 10.1. The Morgan fingerprint density at radius 1 is 0.667 bits per heavy atom. The van der Waals surface area contributed by atoms with Crippen molar-refractivity contribution < 1.29 is 50.9 Å². The zero-order valence-electron chi connectivity index (χ0n) is 12.9. The summed E-state index contributed by atoms with van der Waals surface area (Å²) in [6, 6.07) is 0. The van der Waals surface area contributed by atoms with Crippen LogP contribution in [0.15, 0.2) is 0 Å². The number of hydrogen-bond acceptors (Lipinski definition) is 6. The minimum Gasteiger partial charge on any atom is -0.316 e. The molecule has 16 heteroatoms. The van der Waals surface area contributed by atoms with Crippen molar-refractivity contribution >= 4 is 35.9 Å². The summed E-state index contributed by atoms with van der Waals surface area (Å²) < 4.78 is 128. The van der Waals surface area contributed by atoms with Gasteiger partial charge in [-0.05, 0) is 26.2 Å². The summed E-state index contributed by atoms with van der Waals surface area (Å²) >= 11 is 0. The van der Waals surface area contributed by atoms with Crippen molar-refractivity contribution in [2.45, 2.75) is 38.5 Å². The van der Waals surface area contributed by atoms with E-state index in [0.717, 1.165) is 26.2 Å². The molecule has 0 amide bonds. The lowest BCUT2D eigenvalue weighted by molar-refractivity contribution is -0.108. The molecule has 0 saturated heterocycles. The normalized spacial score (nSPS) is 15.6. The maximum atomic E-state index is 12.2. The van der Waals surface area contributed by atoms with Crippen molar-refractivity contribution in [2.75, 3.05) is 11.5 Å². The topological polar surface area (TPSA) is 86.7 Å². The summed E-state index contributed by atoms with van der Waals surface area (Å²) in [6.07, 6.45) is -10.2. The fourth-order valence-electron chi connectivity index (χ4n) is 1.30. The van der Waals surface area contributed by atoms with Gasteiger partial charge in [0.1, 0.15) is 0 Å². The monoisotopic (exact) mass is 442 g/mol. The van der Waals surface area contributed by atoms with Crippen LogP contribution in [0.4, 0.5) is 26.3 Å².